The van der Waals surface area contributed by atoms with Gasteiger partial charge in [-0.3, -0.25) is 4.90 Å². The van der Waals surface area contributed by atoms with Gasteiger partial charge in [0.15, 0.2) is 0 Å². The average Bonchev–Trinajstić information content (AvgIpc) is 2.24. The molecule has 1 aliphatic carbocycles. The zero-order valence-corrected chi connectivity index (χ0v) is 12.2. The fraction of sp³-hybridized carbons (Fsp3) is 1.00. The molecule has 0 heterocycles. The van der Waals surface area contributed by atoms with E-state index in [1.807, 2.05) is 0 Å². The Morgan fingerprint density at radius 1 is 1.00 bits per heavy atom. The highest BCUT2D eigenvalue weighted by atomic mass is 16.3. The quantitative estimate of drug-likeness (QED) is 0.768. The molecule has 0 saturated heterocycles. The van der Waals surface area contributed by atoms with Crippen LogP contribution in [0.2, 0.25) is 0 Å². The molecule has 0 aromatic rings. The lowest BCUT2D eigenvalue weighted by Gasteiger charge is -2.35. The molecule has 1 N–H and O–H groups in total. The SMILES string of the molecule is CC(C)N(CCCC1(O)CCCCC1)C(C)C. The largest absolute Gasteiger partial charge is 0.390 e. The van der Waals surface area contributed by atoms with Crippen LogP contribution in [-0.2, 0) is 0 Å². The Balaban J connectivity index is 2.30. The van der Waals surface area contributed by atoms with Crippen molar-refractivity contribution in [3.05, 3.63) is 0 Å². The molecule has 2 nitrogen and oxygen atoms in total. The van der Waals surface area contributed by atoms with E-state index >= 15 is 0 Å². The van der Waals surface area contributed by atoms with Crippen LogP contribution in [-0.4, -0.2) is 34.2 Å². The van der Waals surface area contributed by atoms with Gasteiger partial charge >= 0.3 is 0 Å². The topological polar surface area (TPSA) is 23.5 Å². The molecule has 0 radical (unpaired) electrons. The molecule has 0 aromatic carbocycles. The molecular formula is C15H31NO. The lowest BCUT2D eigenvalue weighted by atomic mass is 9.81. The molecule has 1 rings (SSSR count). The van der Waals surface area contributed by atoms with Crippen molar-refractivity contribution in [1.82, 2.24) is 4.90 Å². The zero-order chi connectivity index (χ0) is 12.9. The van der Waals surface area contributed by atoms with Gasteiger partial charge < -0.3 is 5.11 Å². The number of hydrogen-bond acceptors (Lipinski definition) is 2. The second-order valence-corrected chi connectivity index (χ2v) is 6.31. The normalized spacial score (nSPS) is 20.5. The summed E-state index contributed by atoms with van der Waals surface area (Å²) in [5.74, 6) is 0. The fourth-order valence-corrected chi connectivity index (χ4v) is 3.16. The summed E-state index contributed by atoms with van der Waals surface area (Å²) >= 11 is 0. The Morgan fingerprint density at radius 3 is 2.00 bits per heavy atom. The van der Waals surface area contributed by atoms with Gasteiger partial charge in [0.05, 0.1) is 5.60 Å². The van der Waals surface area contributed by atoms with Crippen molar-refractivity contribution in [3.63, 3.8) is 0 Å². The highest BCUT2D eigenvalue weighted by Crippen LogP contribution is 2.31. The van der Waals surface area contributed by atoms with Gasteiger partial charge in [-0.25, -0.2) is 0 Å². The summed E-state index contributed by atoms with van der Waals surface area (Å²) in [6.45, 7) is 10.2. The molecule has 102 valence electrons. The second-order valence-electron chi connectivity index (χ2n) is 6.31. The Bertz CT molecular complexity index is 199. The third-order valence-electron chi connectivity index (χ3n) is 4.17. The average molecular weight is 241 g/mol. The first-order valence-electron chi connectivity index (χ1n) is 7.43. The van der Waals surface area contributed by atoms with E-state index in [1.54, 1.807) is 0 Å². The van der Waals surface area contributed by atoms with Gasteiger partial charge in [0.2, 0.25) is 0 Å². The Labute approximate surface area is 107 Å². The minimum Gasteiger partial charge on any atom is -0.390 e. The van der Waals surface area contributed by atoms with E-state index in [4.69, 9.17) is 0 Å². The maximum atomic E-state index is 10.4. The lowest BCUT2D eigenvalue weighted by molar-refractivity contribution is -0.00877. The van der Waals surface area contributed by atoms with Crippen molar-refractivity contribution in [2.45, 2.75) is 90.3 Å². The number of aliphatic hydroxyl groups is 1. The van der Waals surface area contributed by atoms with Gasteiger partial charge in [0, 0.05) is 12.1 Å². The predicted molar refractivity (Wildman–Crippen MR) is 74.2 cm³/mol. The fourth-order valence-electron chi connectivity index (χ4n) is 3.16. The molecule has 1 aliphatic rings. The maximum absolute atomic E-state index is 10.4. The molecule has 17 heavy (non-hydrogen) atoms. The van der Waals surface area contributed by atoms with Crippen molar-refractivity contribution in [2.24, 2.45) is 0 Å². The van der Waals surface area contributed by atoms with E-state index in [2.05, 4.69) is 32.6 Å². The summed E-state index contributed by atoms with van der Waals surface area (Å²) in [4.78, 5) is 2.52. The zero-order valence-electron chi connectivity index (χ0n) is 12.2. The summed E-state index contributed by atoms with van der Waals surface area (Å²) in [6.07, 6.45) is 7.91. The molecule has 0 amide bonds. The Hall–Kier alpha value is -0.0800. The summed E-state index contributed by atoms with van der Waals surface area (Å²) in [5, 5.41) is 10.4. The van der Waals surface area contributed by atoms with Gasteiger partial charge in [-0.1, -0.05) is 19.3 Å². The molecule has 1 saturated carbocycles. The molecule has 0 atom stereocenters. The van der Waals surface area contributed by atoms with E-state index in [0.717, 1.165) is 32.2 Å². The van der Waals surface area contributed by atoms with Crippen LogP contribution >= 0.6 is 0 Å². The van der Waals surface area contributed by atoms with Gasteiger partial charge in [-0.2, -0.15) is 0 Å². The smallest absolute Gasteiger partial charge is 0.0648 e. The second kappa shape index (κ2) is 6.75. The van der Waals surface area contributed by atoms with Crippen LogP contribution in [0.25, 0.3) is 0 Å². The first kappa shape index (κ1) is 15.0. The molecule has 0 unspecified atom stereocenters. The van der Waals surface area contributed by atoms with Crippen LogP contribution in [0.3, 0.4) is 0 Å². The van der Waals surface area contributed by atoms with E-state index in [-0.39, 0.29) is 5.60 Å². The molecule has 0 aliphatic heterocycles. The molecule has 0 spiro atoms. The monoisotopic (exact) mass is 241 g/mol. The number of nitrogens with zero attached hydrogens (tertiary/aromatic N) is 1. The van der Waals surface area contributed by atoms with Crippen LogP contribution in [0.1, 0.15) is 72.6 Å². The minimum atomic E-state index is -0.335. The van der Waals surface area contributed by atoms with Crippen molar-refractivity contribution in [3.8, 4) is 0 Å². The van der Waals surface area contributed by atoms with Crippen LogP contribution in [0.15, 0.2) is 0 Å². The summed E-state index contributed by atoms with van der Waals surface area (Å²) < 4.78 is 0. The number of hydrogen-bond donors (Lipinski definition) is 1. The van der Waals surface area contributed by atoms with Gasteiger partial charge in [-0.15, -0.1) is 0 Å². The summed E-state index contributed by atoms with van der Waals surface area (Å²) in [5.41, 5.74) is -0.335. The van der Waals surface area contributed by atoms with Crippen molar-refractivity contribution < 1.29 is 5.11 Å². The van der Waals surface area contributed by atoms with Gasteiger partial charge in [0.25, 0.3) is 0 Å². The summed E-state index contributed by atoms with van der Waals surface area (Å²) in [7, 11) is 0. The molecular weight excluding hydrogens is 210 g/mol. The first-order valence-corrected chi connectivity index (χ1v) is 7.43. The standard InChI is InChI=1S/C15H31NO/c1-13(2)16(14(3)4)12-8-11-15(17)9-6-5-7-10-15/h13-14,17H,5-12H2,1-4H3. The van der Waals surface area contributed by atoms with Crippen LogP contribution < -0.4 is 0 Å². The third-order valence-corrected chi connectivity index (χ3v) is 4.17. The van der Waals surface area contributed by atoms with Crippen molar-refractivity contribution >= 4 is 0 Å². The number of rotatable bonds is 6. The van der Waals surface area contributed by atoms with Crippen molar-refractivity contribution in [1.29, 1.82) is 0 Å². The van der Waals surface area contributed by atoms with E-state index < -0.39 is 0 Å². The van der Waals surface area contributed by atoms with E-state index in [1.165, 1.54) is 19.3 Å². The predicted octanol–water partition coefficient (Wildman–Crippen LogP) is 3.58. The van der Waals surface area contributed by atoms with E-state index in [0.29, 0.717) is 12.1 Å². The highest BCUT2D eigenvalue weighted by Gasteiger charge is 2.28. The molecule has 1 fully saturated rings. The molecule has 0 bridgehead atoms. The van der Waals surface area contributed by atoms with Crippen LogP contribution in [0.4, 0.5) is 0 Å². The third kappa shape index (κ3) is 4.97. The van der Waals surface area contributed by atoms with Crippen molar-refractivity contribution in [2.75, 3.05) is 6.54 Å². The first-order chi connectivity index (χ1) is 7.94. The van der Waals surface area contributed by atoms with Crippen LogP contribution in [0.5, 0.6) is 0 Å². The summed E-state index contributed by atoms with van der Waals surface area (Å²) in [6, 6.07) is 1.21. The van der Waals surface area contributed by atoms with E-state index in [9.17, 15) is 5.11 Å². The van der Waals surface area contributed by atoms with Crippen LogP contribution in [0, 0.1) is 0 Å². The Morgan fingerprint density at radius 2 is 1.53 bits per heavy atom. The molecule has 2 heteroatoms. The molecule has 0 aromatic heterocycles. The van der Waals surface area contributed by atoms with Gasteiger partial charge in [-0.05, 0) is 59.9 Å². The lowest BCUT2D eigenvalue weighted by Crippen LogP contribution is -2.39. The van der Waals surface area contributed by atoms with Gasteiger partial charge in [0.1, 0.15) is 0 Å². The minimum absolute atomic E-state index is 0.335. The maximum Gasteiger partial charge on any atom is 0.0648 e. The highest BCUT2D eigenvalue weighted by molar-refractivity contribution is 4.82. The Kier molecular flexibility index (Phi) is 5.94.